The molecule has 0 fully saturated rings. The van der Waals surface area contributed by atoms with Crippen molar-refractivity contribution in [1.29, 1.82) is 0 Å². The van der Waals surface area contributed by atoms with E-state index in [1.165, 1.54) is 0 Å². The first-order valence-corrected chi connectivity index (χ1v) is 6.01. The van der Waals surface area contributed by atoms with Crippen molar-refractivity contribution in [2.24, 2.45) is 5.73 Å². The molecule has 0 saturated heterocycles. The molecule has 0 amide bonds. The summed E-state index contributed by atoms with van der Waals surface area (Å²) in [6, 6.07) is 9.43. The van der Waals surface area contributed by atoms with Crippen LogP contribution >= 0.6 is 31.9 Å². The van der Waals surface area contributed by atoms with Crippen LogP contribution in [0.2, 0.25) is 0 Å². The molecule has 2 aromatic rings. The Bertz CT molecular complexity index is 467. The summed E-state index contributed by atoms with van der Waals surface area (Å²) in [4.78, 5) is 0. The Morgan fingerprint density at radius 1 is 1.07 bits per heavy atom. The first kappa shape index (κ1) is 10.9. The third-order valence-electron chi connectivity index (χ3n) is 2.17. The monoisotopic (exact) mass is 329 g/mol. The summed E-state index contributed by atoms with van der Waals surface area (Å²) in [5.41, 5.74) is 7.12. The average molecular weight is 331 g/mol. The molecule has 0 saturated carbocycles. The molecule has 0 aliphatic carbocycles. The smallest absolute Gasteiger partial charge is 0.139 e. The lowest BCUT2D eigenvalue weighted by molar-refractivity contribution is 0.487. The summed E-state index contributed by atoms with van der Waals surface area (Å²) in [5, 5.41) is 0. The van der Waals surface area contributed by atoms with E-state index >= 15 is 0 Å². The van der Waals surface area contributed by atoms with Crippen LogP contribution in [0, 0.1) is 0 Å². The highest BCUT2D eigenvalue weighted by atomic mass is 79.9. The van der Waals surface area contributed by atoms with Gasteiger partial charge in [0.2, 0.25) is 0 Å². The van der Waals surface area contributed by atoms with Gasteiger partial charge >= 0.3 is 0 Å². The molecular formula is C11H9Br2NO. The first-order chi connectivity index (χ1) is 7.20. The van der Waals surface area contributed by atoms with Gasteiger partial charge in [0.15, 0.2) is 0 Å². The van der Waals surface area contributed by atoms with Crippen LogP contribution in [0.1, 0.15) is 17.4 Å². The van der Waals surface area contributed by atoms with Crippen molar-refractivity contribution in [2.45, 2.75) is 6.04 Å². The Kier molecular flexibility index (Phi) is 3.29. The topological polar surface area (TPSA) is 39.2 Å². The first-order valence-electron chi connectivity index (χ1n) is 4.43. The van der Waals surface area contributed by atoms with E-state index in [4.69, 9.17) is 10.2 Å². The number of hydrogen-bond acceptors (Lipinski definition) is 2. The standard InChI is InChI=1S/C11H9Br2NO/c12-8-4-2-1-3-7(8)10(14)11-9(13)5-6-15-11/h1-6,10H,14H2. The number of furan rings is 1. The Balaban J connectivity index is 2.41. The molecule has 1 atom stereocenters. The molecule has 0 aliphatic heterocycles. The maximum atomic E-state index is 6.11. The lowest BCUT2D eigenvalue weighted by Crippen LogP contribution is -2.11. The van der Waals surface area contributed by atoms with Crippen molar-refractivity contribution in [3.05, 3.63) is 56.9 Å². The van der Waals surface area contributed by atoms with Crippen LogP contribution in [0.5, 0.6) is 0 Å². The van der Waals surface area contributed by atoms with E-state index in [2.05, 4.69) is 31.9 Å². The fourth-order valence-electron chi connectivity index (χ4n) is 1.40. The van der Waals surface area contributed by atoms with Gasteiger partial charge in [-0.25, -0.2) is 0 Å². The van der Waals surface area contributed by atoms with Crippen LogP contribution in [0.25, 0.3) is 0 Å². The molecule has 78 valence electrons. The third kappa shape index (κ3) is 2.17. The molecule has 2 rings (SSSR count). The van der Waals surface area contributed by atoms with E-state index in [1.807, 2.05) is 30.3 Å². The maximum Gasteiger partial charge on any atom is 0.139 e. The highest BCUT2D eigenvalue weighted by Crippen LogP contribution is 2.31. The summed E-state index contributed by atoms with van der Waals surface area (Å²) < 4.78 is 7.22. The lowest BCUT2D eigenvalue weighted by atomic mass is 10.1. The largest absolute Gasteiger partial charge is 0.466 e. The van der Waals surface area contributed by atoms with Gasteiger partial charge in [-0.1, -0.05) is 34.1 Å². The summed E-state index contributed by atoms with van der Waals surface area (Å²) in [6.07, 6.45) is 1.62. The highest BCUT2D eigenvalue weighted by Gasteiger charge is 2.17. The molecule has 1 aromatic heterocycles. The van der Waals surface area contributed by atoms with Gasteiger partial charge in [0.1, 0.15) is 5.76 Å². The van der Waals surface area contributed by atoms with Crippen molar-refractivity contribution in [3.63, 3.8) is 0 Å². The molecule has 2 nitrogen and oxygen atoms in total. The third-order valence-corrected chi connectivity index (χ3v) is 3.54. The van der Waals surface area contributed by atoms with Crippen molar-refractivity contribution in [3.8, 4) is 0 Å². The van der Waals surface area contributed by atoms with E-state index in [0.717, 1.165) is 20.3 Å². The molecule has 4 heteroatoms. The van der Waals surface area contributed by atoms with E-state index in [-0.39, 0.29) is 6.04 Å². The molecule has 1 unspecified atom stereocenters. The zero-order valence-electron chi connectivity index (χ0n) is 7.78. The predicted molar refractivity (Wildman–Crippen MR) is 66.6 cm³/mol. The van der Waals surface area contributed by atoms with Gasteiger partial charge in [0, 0.05) is 4.47 Å². The number of halogens is 2. The highest BCUT2D eigenvalue weighted by molar-refractivity contribution is 9.10. The van der Waals surface area contributed by atoms with Gasteiger partial charge in [-0.3, -0.25) is 0 Å². The summed E-state index contributed by atoms with van der Waals surface area (Å²) in [5.74, 6) is 0.738. The lowest BCUT2D eigenvalue weighted by Gasteiger charge is -2.11. The van der Waals surface area contributed by atoms with Crippen LogP contribution in [-0.2, 0) is 0 Å². The van der Waals surface area contributed by atoms with Gasteiger partial charge in [-0.05, 0) is 33.6 Å². The minimum absolute atomic E-state index is 0.259. The minimum Gasteiger partial charge on any atom is -0.466 e. The van der Waals surface area contributed by atoms with E-state index in [1.54, 1.807) is 6.26 Å². The van der Waals surface area contributed by atoms with Gasteiger partial charge in [-0.15, -0.1) is 0 Å². The van der Waals surface area contributed by atoms with Crippen LogP contribution in [0.4, 0.5) is 0 Å². The number of hydrogen-bond donors (Lipinski definition) is 1. The fraction of sp³-hybridized carbons (Fsp3) is 0.0909. The Morgan fingerprint density at radius 2 is 1.80 bits per heavy atom. The molecule has 2 N–H and O–H groups in total. The van der Waals surface area contributed by atoms with E-state index in [0.29, 0.717) is 0 Å². The van der Waals surface area contributed by atoms with Gasteiger partial charge in [-0.2, -0.15) is 0 Å². The zero-order valence-corrected chi connectivity index (χ0v) is 11.0. The molecule has 0 aliphatic rings. The predicted octanol–water partition coefficient (Wildman–Crippen LogP) is 3.85. The van der Waals surface area contributed by atoms with Crippen molar-refractivity contribution >= 4 is 31.9 Å². The zero-order chi connectivity index (χ0) is 10.8. The molecule has 1 heterocycles. The van der Waals surface area contributed by atoms with E-state index in [9.17, 15) is 0 Å². The maximum absolute atomic E-state index is 6.11. The SMILES string of the molecule is NC(c1ccccc1Br)c1occc1Br. The molecule has 15 heavy (non-hydrogen) atoms. The molecule has 0 radical (unpaired) electrons. The summed E-state index contributed by atoms with van der Waals surface area (Å²) in [6.45, 7) is 0. The number of nitrogens with two attached hydrogens (primary N) is 1. The molecule has 1 aromatic carbocycles. The number of benzene rings is 1. The Morgan fingerprint density at radius 3 is 2.40 bits per heavy atom. The van der Waals surface area contributed by atoms with Crippen LogP contribution < -0.4 is 5.73 Å². The van der Waals surface area contributed by atoms with Gasteiger partial charge in [0.05, 0.1) is 16.8 Å². The van der Waals surface area contributed by atoms with Crippen molar-refractivity contribution in [2.75, 3.05) is 0 Å². The second-order valence-corrected chi connectivity index (χ2v) is 4.84. The average Bonchev–Trinajstić information content (AvgIpc) is 2.64. The van der Waals surface area contributed by atoms with Crippen molar-refractivity contribution in [1.82, 2.24) is 0 Å². The Hall–Kier alpha value is -0.580. The van der Waals surface area contributed by atoms with Crippen LogP contribution in [-0.4, -0.2) is 0 Å². The fourth-order valence-corrected chi connectivity index (χ4v) is 2.38. The van der Waals surface area contributed by atoms with Gasteiger partial charge < -0.3 is 10.2 Å². The Labute approximate surface area is 105 Å². The van der Waals surface area contributed by atoms with Crippen molar-refractivity contribution < 1.29 is 4.42 Å². The minimum atomic E-state index is -0.259. The van der Waals surface area contributed by atoms with Gasteiger partial charge in [0.25, 0.3) is 0 Å². The number of rotatable bonds is 2. The van der Waals surface area contributed by atoms with E-state index < -0.39 is 0 Å². The quantitative estimate of drug-likeness (QED) is 0.908. The second-order valence-electron chi connectivity index (χ2n) is 3.13. The molecule has 0 spiro atoms. The van der Waals surface area contributed by atoms with Crippen LogP contribution in [0.15, 0.2) is 50.0 Å². The van der Waals surface area contributed by atoms with Crippen LogP contribution in [0.3, 0.4) is 0 Å². The summed E-state index contributed by atoms with van der Waals surface area (Å²) in [7, 11) is 0. The normalized spacial score (nSPS) is 12.7. The second kappa shape index (κ2) is 4.51. The molecular weight excluding hydrogens is 322 g/mol. The summed E-state index contributed by atoms with van der Waals surface area (Å²) >= 11 is 6.87. The molecule has 0 bridgehead atoms.